The van der Waals surface area contributed by atoms with Crippen molar-refractivity contribution in [2.75, 3.05) is 6.54 Å². The van der Waals surface area contributed by atoms with E-state index >= 15 is 0 Å². The topological polar surface area (TPSA) is 74.7 Å². The van der Waals surface area contributed by atoms with E-state index in [1.807, 2.05) is 0 Å². The van der Waals surface area contributed by atoms with E-state index in [1.165, 1.54) is 6.92 Å². The Labute approximate surface area is 123 Å². The molecule has 0 aliphatic carbocycles. The summed E-state index contributed by atoms with van der Waals surface area (Å²) in [5, 5.41) is 8.91. The van der Waals surface area contributed by atoms with Crippen LogP contribution in [0.5, 0.6) is 0 Å². The van der Waals surface area contributed by atoms with E-state index in [4.69, 9.17) is 5.11 Å². The molecule has 1 aromatic rings. The summed E-state index contributed by atoms with van der Waals surface area (Å²) in [6.45, 7) is 2.11. The fraction of sp³-hybridized carbons (Fsp3) is 0.438. The number of Topliss-reactive ketones (excluding diaryl/α,β-unsaturated/α-hetero) is 1. The van der Waals surface area contributed by atoms with Crippen molar-refractivity contribution < 1.29 is 19.5 Å². The van der Waals surface area contributed by atoms with Gasteiger partial charge in [-0.05, 0) is 30.9 Å². The highest BCUT2D eigenvalue weighted by molar-refractivity contribution is 5.89. The van der Waals surface area contributed by atoms with Gasteiger partial charge in [0.25, 0.3) is 0 Å². The van der Waals surface area contributed by atoms with Gasteiger partial charge in [0.2, 0.25) is 5.91 Å². The second-order valence-electron chi connectivity index (χ2n) is 5.37. The molecule has 1 aliphatic heterocycles. The first-order chi connectivity index (χ1) is 9.99. The first kappa shape index (κ1) is 15.2. The largest absolute Gasteiger partial charge is 0.481 e. The van der Waals surface area contributed by atoms with Gasteiger partial charge >= 0.3 is 5.97 Å². The summed E-state index contributed by atoms with van der Waals surface area (Å²) >= 11 is 0. The Morgan fingerprint density at radius 1 is 1.19 bits per heavy atom. The van der Waals surface area contributed by atoms with E-state index in [0.29, 0.717) is 12.1 Å². The Bertz CT molecular complexity index is 567. The molecule has 1 aromatic carbocycles. The average Bonchev–Trinajstić information content (AvgIpc) is 2.90. The number of amides is 1. The second-order valence-corrected chi connectivity index (χ2v) is 5.37. The van der Waals surface area contributed by atoms with E-state index in [-0.39, 0.29) is 30.6 Å². The van der Waals surface area contributed by atoms with Gasteiger partial charge in [0.15, 0.2) is 5.78 Å². The van der Waals surface area contributed by atoms with Crippen LogP contribution in [-0.4, -0.2) is 40.3 Å². The number of carbonyl (C=O) groups is 3. The fourth-order valence-corrected chi connectivity index (χ4v) is 2.82. The van der Waals surface area contributed by atoms with Crippen molar-refractivity contribution in [3.05, 3.63) is 35.4 Å². The number of rotatable bonds is 5. The molecule has 5 nitrogen and oxygen atoms in total. The van der Waals surface area contributed by atoms with Crippen molar-refractivity contribution in [2.45, 2.75) is 38.6 Å². The standard InChI is InChI=1S/C16H19NO4/c1-11(18)14-7-4-8-17(14)15(19)9-12-5-2-3-6-13(12)10-16(20)21/h2-3,5-6,14H,4,7-10H2,1H3,(H,20,21). The Kier molecular flexibility index (Phi) is 4.73. The quantitative estimate of drug-likeness (QED) is 0.890. The highest BCUT2D eigenvalue weighted by atomic mass is 16.4. The molecule has 1 heterocycles. The SMILES string of the molecule is CC(=O)C1CCCN1C(=O)Cc1ccccc1CC(=O)O. The zero-order chi connectivity index (χ0) is 15.4. The van der Waals surface area contributed by atoms with Crippen LogP contribution in [0.3, 0.4) is 0 Å². The van der Waals surface area contributed by atoms with Gasteiger partial charge in [0, 0.05) is 6.54 Å². The van der Waals surface area contributed by atoms with Crippen LogP contribution in [0.2, 0.25) is 0 Å². The minimum atomic E-state index is -0.919. The lowest BCUT2D eigenvalue weighted by Crippen LogP contribution is -2.40. The molecule has 1 atom stereocenters. The van der Waals surface area contributed by atoms with Crippen LogP contribution in [0.25, 0.3) is 0 Å². The fourth-order valence-electron chi connectivity index (χ4n) is 2.82. The predicted octanol–water partition coefficient (Wildman–Crippen LogP) is 1.44. The van der Waals surface area contributed by atoms with Crippen molar-refractivity contribution in [3.63, 3.8) is 0 Å². The number of aliphatic carboxylic acids is 1. The van der Waals surface area contributed by atoms with Gasteiger partial charge in [0.05, 0.1) is 18.9 Å². The molecule has 1 aliphatic rings. The van der Waals surface area contributed by atoms with Crippen molar-refractivity contribution >= 4 is 17.7 Å². The molecule has 1 fully saturated rings. The number of ketones is 1. The average molecular weight is 289 g/mol. The van der Waals surface area contributed by atoms with Gasteiger partial charge in [-0.15, -0.1) is 0 Å². The number of carboxylic acid groups (broad SMARTS) is 1. The minimum absolute atomic E-state index is 0.0136. The number of carboxylic acids is 1. The lowest BCUT2D eigenvalue weighted by atomic mass is 10.0. The molecule has 0 saturated carbocycles. The Morgan fingerprint density at radius 3 is 2.38 bits per heavy atom. The van der Waals surface area contributed by atoms with Crippen LogP contribution in [-0.2, 0) is 27.2 Å². The molecule has 112 valence electrons. The van der Waals surface area contributed by atoms with E-state index in [2.05, 4.69) is 0 Å². The third-order valence-electron chi connectivity index (χ3n) is 3.84. The van der Waals surface area contributed by atoms with Crippen molar-refractivity contribution in [1.82, 2.24) is 4.90 Å². The predicted molar refractivity (Wildman–Crippen MR) is 76.9 cm³/mol. The third-order valence-corrected chi connectivity index (χ3v) is 3.84. The number of likely N-dealkylation sites (tertiary alicyclic amines) is 1. The monoisotopic (exact) mass is 289 g/mol. The van der Waals surface area contributed by atoms with Gasteiger partial charge in [-0.1, -0.05) is 24.3 Å². The maximum Gasteiger partial charge on any atom is 0.307 e. The molecule has 0 radical (unpaired) electrons. The summed E-state index contributed by atoms with van der Waals surface area (Å²) in [6, 6.07) is 6.74. The van der Waals surface area contributed by atoms with Crippen molar-refractivity contribution in [2.24, 2.45) is 0 Å². The lowest BCUT2D eigenvalue weighted by molar-refractivity contribution is -0.137. The van der Waals surface area contributed by atoms with Gasteiger partial charge in [-0.3, -0.25) is 14.4 Å². The molecule has 0 aromatic heterocycles. The molecular formula is C16H19NO4. The van der Waals surface area contributed by atoms with Gasteiger partial charge in [-0.2, -0.15) is 0 Å². The Balaban J connectivity index is 2.12. The zero-order valence-corrected chi connectivity index (χ0v) is 12.0. The smallest absolute Gasteiger partial charge is 0.307 e. The number of benzene rings is 1. The first-order valence-corrected chi connectivity index (χ1v) is 7.07. The highest BCUT2D eigenvalue weighted by Crippen LogP contribution is 2.20. The summed E-state index contributed by atoms with van der Waals surface area (Å²) in [6.07, 6.45) is 1.61. The van der Waals surface area contributed by atoms with Crippen LogP contribution in [0.4, 0.5) is 0 Å². The molecule has 5 heteroatoms. The number of hydrogen-bond acceptors (Lipinski definition) is 3. The molecule has 21 heavy (non-hydrogen) atoms. The Morgan fingerprint density at radius 2 is 1.81 bits per heavy atom. The van der Waals surface area contributed by atoms with Gasteiger partial charge in [-0.25, -0.2) is 0 Å². The molecule has 1 saturated heterocycles. The molecule has 0 spiro atoms. The highest BCUT2D eigenvalue weighted by Gasteiger charge is 2.31. The lowest BCUT2D eigenvalue weighted by Gasteiger charge is -2.23. The van der Waals surface area contributed by atoms with Gasteiger partial charge < -0.3 is 10.0 Å². The first-order valence-electron chi connectivity index (χ1n) is 7.07. The van der Waals surface area contributed by atoms with E-state index in [0.717, 1.165) is 18.4 Å². The van der Waals surface area contributed by atoms with E-state index < -0.39 is 5.97 Å². The van der Waals surface area contributed by atoms with Crippen LogP contribution in [0.15, 0.2) is 24.3 Å². The van der Waals surface area contributed by atoms with Crippen LogP contribution >= 0.6 is 0 Å². The zero-order valence-electron chi connectivity index (χ0n) is 12.0. The molecular weight excluding hydrogens is 270 g/mol. The second kappa shape index (κ2) is 6.52. The number of nitrogens with zero attached hydrogens (tertiary/aromatic N) is 1. The van der Waals surface area contributed by atoms with E-state index in [1.54, 1.807) is 29.2 Å². The third kappa shape index (κ3) is 3.68. The Hall–Kier alpha value is -2.17. The summed E-state index contributed by atoms with van der Waals surface area (Å²) in [5.41, 5.74) is 1.37. The molecule has 1 N–H and O–H groups in total. The van der Waals surface area contributed by atoms with Crippen molar-refractivity contribution in [1.29, 1.82) is 0 Å². The number of hydrogen-bond donors (Lipinski definition) is 1. The number of carbonyl (C=O) groups excluding carboxylic acids is 2. The normalized spacial score (nSPS) is 17.8. The molecule has 1 unspecified atom stereocenters. The van der Waals surface area contributed by atoms with Gasteiger partial charge in [0.1, 0.15) is 0 Å². The van der Waals surface area contributed by atoms with Crippen LogP contribution in [0, 0.1) is 0 Å². The summed E-state index contributed by atoms with van der Waals surface area (Å²) in [5.74, 6) is -1.01. The summed E-state index contributed by atoms with van der Waals surface area (Å²) in [7, 11) is 0. The van der Waals surface area contributed by atoms with E-state index in [9.17, 15) is 14.4 Å². The summed E-state index contributed by atoms with van der Waals surface area (Å²) < 4.78 is 0. The molecule has 2 rings (SSSR count). The molecule has 0 bridgehead atoms. The minimum Gasteiger partial charge on any atom is -0.481 e. The molecule has 1 amide bonds. The maximum absolute atomic E-state index is 12.4. The summed E-state index contributed by atoms with van der Waals surface area (Å²) in [4.78, 5) is 36.4. The van der Waals surface area contributed by atoms with Crippen LogP contribution < -0.4 is 0 Å². The maximum atomic E-state index is 12.4. The van der Waals surface area contributed by atoms with Crippen molar-refractivity contribution in [3.8, 4) is 0 Å². The van der Waals surface area contributed by atoms with Crippen LogP contribution in [0.1, 0.15) is 30.9 Å².